The van der Waals surface area contributed by atoms with Gasteiger partial charge in [-0.05, 0) is 34.4 Å². The van der Waals surface area contributed by atoms with Crippen LogP contribution in [0.4, 0.5) is 0 Å². The molecule has 30 heavy (non-hydrogen) atoms. The van der Waals surface area contributed by atoms with Crippen LogP contribution < -0.4 is 15.2 Å². The number of nitrogens with zero attached hydrogens (tertiary/aromatic N) is 2. The quantitative estimate of drug-likeness (QED) is 0.356. The van der Waals surface area contributed by atoms with Crippen LogP contribution >= 0.6 is 11.8 Å². The van der Waals surface area contributed by atoms with Crippen LogP contribution in [-0.4, -0.2) is 24.6 Å². The van der Waals surface area contributed by atoms with E-state index in [1.807, 2.05) is 48.5 Å². The molecule has 3 aromatic rings. The minimum absolute atomic E-state index is 0.443. The Labute approximate surface area is 180 Å². The molecule has 4 rings (SSSR count). The van der Waals surface area contributed by atoms with Crippen LogP contribution in [0.15, 0.2) is 83.0 Å². The zero-order valence-electron chi connectivity index (χ0n) is 16.5. The van der Waals surface area contributed by atoms with Gasteiger partial charge in [0, 0.05) is 12.2 Å². The maximum atomic E-state index is 5.93. The van der Waals surface area contributed by atoms with Crippen LogP contribution in [0.3, 0.4) is 0 Å². The first-order valence-corrected chi connectivity index (χ1v) is 10.8. The number of nitrogens with two attached hydrogens (primary N) is 1. The van der Waals surface area contributed by atoms with Crippen LogP contribution in [0.2, 0.25) is 0 Å². The number of ether oxygens (including phenoxy) is 2. The Hall–Kier alpha value is -3.25. The van der Waals surface area contributed by atoms with Crippen molar-refractivity contribution in [2.75, 3.05) is 13.2 Å². The second-order valence-electron chi connectivity index (χ2n) is 6.79. The summed E-state index contributed by atoms with van der Waals surface area (Å²) in [6.45, 7) is 1.37. The zero-order chi connectivity index (χ0) is 20.6. The van der Waals surface area contributed by atoms with Crippen LogP contribution in [0, 0.1) is 0 Å². The molecule has 6 heteroatoms. The molecule has 3 aromatic carbocycles. The largest absolute Gasteiger partial charge is 0.490 e. The first kappa shape index (κ1) is 20.0. The summed E-state index contributed by atoms with van der Waals surface area (Å²) in [7, 11) is 0. The summed E-state index contributed by atoms with van der Waals surface area (Å²) in [6, 6.07) is 24.3. The standard InChI is InChI=1S/C24H23N3O2S/c25-24(30-17-19-5-2-1-3-6-19)27-26-16-18-7-9-20(10-8-18)21-11-12-22-23(15-21)29-14-4-13-28-22/h1-3,5-12,15-16H,4,13-14,17H2,(H2,25,27). The van der Waals surface area contributed by atoms with Crippen molar-refractivity contribution in [2.45, 2.75) is 12.2 Å². The molecule has 0 saturated heterocycles. The van der Waals surface area contributed by atoms with Gasteiger partial charge in [0.25, 0.3) is 0 Å². The van der Waals surface area contributed by atoms with E-state index in [1.54, 1.807) is 6.21 Å². The third kappa shape index (κ3) is 5.42. The zero-order valence-corrected chi connectivity index (χ0v) is 17.3. The minimum atomic E-state index is 0.443. The highest BCUT2D eigenvalue weighted by Gasteiger charge is 2.11. The molecule has 0 amide bonds. The van der Waals surface area contributed by atoms with Crippen molar-refractivity contribution < 1.29 is 9.47 Å². The van der Waals surface area contributed by atoms with Gasteiger partial charge in [0.05, 0.1) is 19.4 Å². The van der Waals surface area contributed by atoms with Crippen molar-refractivity contribution in [2.24, 2.45) is 15.9 Å². The third-order valence-electron chi connectivity index (χ3n) is 4.58. The number of rotatable bonds is 5. The van der Waals surface area contributed by atoms with Gasteiger partial charge in [-0.2, -0.15) is 5.10 Å². The van der Waals surface area contributed by atoms with E-state index < -0.39 is 0 Å². The molecule has 0 aliphatic carbocycles. The van der Waals surface area contributed by atoms with E-state index in [1.165, 1.54) is 17.3 Å². The number of thioether (sulfide) groups is 1. The van der Waals surface area contributed by atoms with Crippen molar-refractivity contribution in [1.82, 2.24) is 0 Å². The molecule has 5 nitrogen and oxygen atoms in total. The lowest BCUT2D eigenvalue weighted by molar-refractivity contribution is 0.297. The monoisotopic (exact) mass is 417 g/mol. The van der Waals surface area contributed by atoms with Crippen molar-refractivity contribution >= 4 is 23.1 Å². The number of hydrogen-bond donors (Lipinski definition) is 1. The van der Waals surface area contributed by atoms with E-state index in [0.717, 1.165) is 40.4 Å². The van der Waals surface area contributed by atoms with Gasteiger partial charge in [-0.3, -0.25) is 0 Å². The normalized spacial score (nSPS) is 13.9. The van der Waals surface area contributed by atoms with E-state index in [2.05, 4.69) is 34.5 Å². The highest BCUT2D eigenvalue weighted by molar-refractivity contribution is 8.13. The summed E-state index contributed by atoms with van der Waals surface area (Å²) in [5.41, 5.74) is 10.3. The molecule has 0 saturated carbocycles. The average Bonchev–Trinajstić information content (AvgIpc) is 3.04. The fourth-order valence-electron chi connectivity index (χ4n) is 3.02. The smallest absolute Gasteiger partial charge is 0.180 e. The second kappa shape index (κ2) is 9.98. The Morgan fingerprint density at radius 3 is 2.43 bits per heavy atom. The molecule has 1 aliphatic rings. The number of amidine groups is 1. The number of benzene rings is 3. The molecule has 2 N–H and O–H groups in total. The molecule has 152 valence electrons. The minimum Gasteiger partial charge on any atom is -0.490 e. The van der Waals surface area contributed by atoms with E-state index in [-0.39, 0.29) is 0 Å². The van der Waals surface area contributed by atoms with E-state index in [4.69, 9.17) is 15.2 Å². The van der Waals surface area contributed by atoms with Gasteiger partial charge in [0.15, 0.2) is 16.7 Å². The average molecular weight is 418 g/mol. The molecule has 1 heterocycles. The predicted octanol–water partition coefficient (Wildman–Crippen LogP) is 5.10. The molecule has 0 spiro atoms. The van der Waals surface area contributed by atoms with Gasteiger partial charge < -0.3 is 15.2 Å². The third-order valence-corrected chi connectivity index (χ3v) is 5.44. The fraction of sp³-hybridized carbons (Fsp3) is 0.167. The Morgan fingerprint density at radius 1 is 0.900 bits per heavy atom. The lowest BCUT2D eigenvalue weighted by atomic mass is 10.0. The predicted molar refractivity (Wildman–Crippen MR) is 124 cm³/mol. The first-order valence-electron chi connectivity index (χ1n) is 9.81. The SMILES string of the molecule is NC(=NN=Cc1ccc(-c2ccc3c(c2)OCCCO3)cc1)SCc1ccccc1. The van der Waals surface area contributed by atoms with Gasteiger partial charge in [-0.1, -0.05) is 72.4 Å². The summed E-state index contributed by atoms with van der Waals surface area (Å²) in [6.07, 6.45) is 2.60. The van der Waals surface area contributed by atoms with E-state index in [0.29, 0.717) is 18.4 Å². The highest BCUT2D eigenvalue weighted by Crippen LogP contribution is 2.34. The summed E-state index contributed by atoms with van der Waals surface area (Å²) in [5.74, 6) is 2.38. The Bertz CT molecular complexity index is 1030. The lowest BCUT2D eigenvalue weighted by Gasteiger charge is -2.09. The highest BCUT2D eigenvalue weighted by atomic mass is 32.2. The summed E-state index contributed by atoms with van der Waals surface area (Å²) in [5, 5.41) is 8.62. The molecule has 1 aliphatic heterocycles. The van der Waals surface area contributed by atoms with Gasteiger partial charge in [-0.15, -0.1) is 5.10 Å². The van der Waals surface area contributed by atoms with Crippen LogP contribution in [0.5, 0.6) is 11.5 Å². The van der Waals surface area contributed by atoms with Crippen LogP contribution in [0.25, 0.3) is 11.1 Å². The summed E-state index contributed by atoms with van der Waals surface area (Å²) in [4.78, 5) is 0. The maximum absolute atomic E-state index is 5.93. The molecular weight excluding hydrogens is 394 g/mol. The van der Waals surface area contributed by atoms with Crippen molar-refractivity contribution in [3.63, 3.8) is 0 Å². The number of hydrogen-bond acceptors (Lipinski definition) is 5. The Kier molecular flexibility index (Phi) is 6.67. The maximum Gasteiger partial charge on any atom is 0.180 e. The summed E-state index contributed by atoms with van der Waals surface area (Å²) >= 11 is 1.47. The van der Waals surface area contributed by atoms with Gasteiger partial charge in [0.2, 0.25) is 0 Å². The molecule has 0 bridgehead atoms. The molecule has 0 aromatic heterocycles. The van der Waals surface area contributed by atoms with Crippen molar-refractivity contribution in [3.8, 4) is 22.6 Å². The molecule has 0 radical (unpaired) electrons. The fourth-order valence-corrected chi connectivity index (χ4v) is 3.63. The second-order valence-corrected chi connectivity index (χ2v) is 7.79. The molecular formula is C24H23N3O2S. The Balaban J connectivity index is 1.37. The molecule has 0 fully saturated rings. The van der Waals surface area contributed by atoms with E-state index >= 15 is 0 Å². The van der Waals surface area contributed by atoms with Crippen molar-refractivity contribution in [3.05, 3.63) is 83.9 Å². The van der Waals surface area contributed by atoms with E-state index in [9.17, 15) is 0 Å². The topological polar surface area (TPSA) is 69.2 Å². The lowest BCUT2D eigenvalue weighted by Crippen LogP contribution is -2.05. The summed E-state index contributed by atoms with van der Waals surface area (Å²) < 4.78 is 11.5. The van der Waals surface area contributed by atoms with Gasteiger partial charge in [-0.25, -0.2) is 0 Å². The van der Waals surface area contributed by atoms with Gasteiger partial charge >= 0.3 is 0 Å². The number of fused-ring (bicyclic) bond motifs is 1. The van der Waals surface area contributed by atoms with Crippen LogP contribution in [-0.2, 0) is 5.75 Å². The molecule has 0 unspecified atom stereocenters. The van der Waals surface area contributed by atoms with Crippen molar-refractivity contribution in [1.29, 1.82) is 0 Å². The Morgan fingerprint density at radius 2 is 1.63 bits per heavy atom. The van der Waals surface area contributed by atoms with Crippen LogP contribution in [0.1, 0.15) is 17.5 Å². The first-order chi connectivity index (χ1) is 14.8. The van der Waals surface area contributed by atoms with Gasteiger partial charge in [0.1, 0.15) is 0 Å². The molecule has 0 atom stereocenters.